The molecule has 0 atom stereocenters. The van der Waals surface area contributed by atoms with Gasteiger partial charge in [-0.3, -0.25) is 0 Å². The van der Waals surface area contributed by atoms with Crippen LogP contribution in [0.2, 0.25) is 0 Å². The molecule has 0 N–H and O–H groups in total. The van der Waals surface area contributed by atoms with Gasteiger partial charge in [-0.1, -0.05) is 0 Å². The van der Waals surface area contributed by atoms with Gasteiger partial charge in [-0.05, 0) is 18.2 Å². The molecule has 1 fully saturated rings. The van der Waals surface area contributed by atoms with Crippen molar-refractivity contribution < 1.29 is 21.9 Å². The van der Waals surface area contributed by atoms with Crippen molar-refractivity contribution in [3.05, 3.63) is 29.8 Å². The van der Waals surface area contributed by atoms with Gasteiger partial charge >= 0.3 is 0 Å². The number of hydrogen-bond acceptors (Lipinski definition) is 3. The molecule has 4 nitrogen and oxygen atoms in total. The summed E-state index contributed by atoms with van der Waals surface area (Å²) in [5, 5.41) is 0. The summed E-state index contributed by atoms with van der Waals surface area (Å²) in [6.07, 6.45) is 0. The van der Waals surface area contributed by atoms with Crippen LogP contribution in [0.25, 0.3) is 0 Å². The van der Waals surface area contributed by atoms with Crippen LogP contribution >= 0.6 is 0 Å². The van der Waals surface area contributed by atoms with E-state index in [2.05, 4.69) is 6.07 Å². The molecule has 0 unspecified atom stereocenters. The highest BCUT2D eigenvalue weighted by atomic mass is 32.2. The van der Waals surface area contributed by atoms with E-state index in [-0.39, 0.29) is 26.3 Å². The largest absolute Gasteiger partial charge is 0.379 e. The van der Waals surface area contributed by atoms with E-state index in [4.69, 9.17) is 4.74 Å². The van der Waals surface area contributed by atoms with Gasteiger partial charge in [-0.25, -0.2) is 17.2 Å². The molecule has 1 aliphatic rings. The SMILES string of the molecule is O=S(=O)(c1c(F)c[c]cc1F)N1CCOCC1. The zero-order valence-electron chi connectivity index (χ0n) is 8.82. The number of halogens is 2. The van der Waals surface area contributed by atoms with Crippen molar-refractivity contribution in [1.29, 1.82) is 0 Å². The third-order valence-corrected chi connectivity index (χ3v) is 4.37. The first-order valence-corrected chi connectivity index (χ1v) is 6.40. The second-order valence-electron chi connectivity index (χ2n) is 3.50. The summed E-state index contributed by atoms with van der Waals surface area (Å²) in [6, 6.07) is 3.79. The molecular formula is C10H10F2NO3S. The second kappa shape index (κ2) is 4.67. The summed E-state index contributed by atoms with van der Waals surface area (Å²) >= 11 is 0. The molecule has 0 spiro atoms. The van der Waals surface area contributed by atoms with Crippen LogP contribution < -0.4 is 0 Å². The van der Waals surface area contributed by atoms with Gasteiger partial charge in [0.1, 0.15) is 11.6 Å². The Morgan fingerprint density at radius 3 is 2.24 bits per heavy atom. The molecule has 1 aromatic carbocycles. The molecule has 2 rings (SSSR count). The number of benzene rings is 1. The van der Waals surface area contributed by atoms with Gasteiger partial charge in [-0.2, -0.15) is 4.31 Å². The first-order valence-electron chi connectivity index (χ1n) is 4.96. The predicted molar refractivity (Wildman–Crippen MR) is 54.8 cm³/mol. The van der Waals surface area contributed by atoms with E-state index >= 15 is 0 Å². The summed E-state index contributed by atoms with van der Waals surface area (Å²) in [5.74, 6) is -2.26. The lowest BCUT2D eigenvalue weighted by Crippen LogP contribution is -2.41. The number of sulfonamides is 1. The van der Waals surface area contributed by atoms with Gasteiger partial charge in [0.15, 0.2) is 4.90 Å². The minimum atomic E-state index is -4.14. The minimum absolute atomic E-state index is 0.0970. The zero-order valence-corrected chi connectivity index (χ0v) is 9.64. The standard InChI is InChI=1S/C10H10F2NO3S/c11-8-2-1-3-9(12)10(8)17(14,15)13-4-6-16-7-5-13/h2-3H,4-7H2. The number of hydrogen-bond donors (Lipinski definition) is 0. The molecular weight excluding hydrogens is 252 g/mol. The molecule has 1 aromatic rings. The van der Waals surface area contributed by atoms with E-state index < -0.39 is 26.6 Å². The fraction of sp³-hybridized carbons (Fsp3) is 0.400. The summed E-state index contributed by atoms with van der Waals surface area (Å²) in [5.41, 5.74) is 0. The van der Waals surface area contributed by atoms with Crippen LogP contribution in [0.4, 0.5) is 8.78 Å². The van der Waals surface area contributed by atoms with E-state index in [1.165, 1.54) is 0 Å². The van der Waals surface area contributed by atoms with E-state index in [9.17, 15) is 17.2 Å². The Morgan fingerprint density at radius 2 is 1.71 bits per heavy atom. The van der Waals surface area contributed by atoms with Crippen LogP contribution in [0.3, 0.4) is 0 Å². The second-order valence-corrected chi connectivity index (χ2v) is 5.37. The highest BCUT2D eigenvalue weighted by molar-refractivity contribution is 7.89. The number of rotatable bonds is 2. The summed E-state index contributed by atoms with van der Waals surface area (Å²) in [7, 11) is -4.14. The zero-order chi connectivity index (χ0) is 12.5. The van der Waals surface area contributed by atoms with Crippen LogP contribution in [0.5, 0.6) is 0 Å². The Kier molecular flexibility index (Phi) is 3.41. The smallest absolute Gasteiger partial charge is 0.249 e. The quantitative estimate of drug-likeness (QED) is 0.791. The maximum atomic E-state index is 13.4. The lowest BCUT2D eigenvalue weighted by molar-refractivity contribution is 0.0728. The highest BCUT2D eigenvalue weighted by Crippen LogP contribution is 2.22. The monoisotopic (exact) mass is 262 g/mol. The lowest BCUT2D eigenvalue weighted by Gasteiger charge is -2.26. The van der Waals surface area contributed by atoms with Gasteiger partial charge in [0.25, 0.3) is 0 Å². The molecule has 93 valence electrons. The van der Waals surface area contributed by atoms with Crippen molar-refractivity contribution >= 4 is 10.0 Å². The van der Waals surface area contributed by atoms with Crippen LogP contribution in [0, 0.1) is 17.7 Å². The highest BCUT2D eigenvalue weighted by Gasteiger charge is 2.31. The Balaban J connectivity index is 2.44. The first-order chi connectivity index (χ1) is 8.03. The van der Waals surface area contributed by atoms with Gasteiger partial charge in [-0.15, -0.1) is 0 Å². The van der Waals surface area contributed by atoms with Gasteiger partial charge in [0, 0.05) is 13.1 Å². The molecule has 0 aromatic heterocycles. The Morgan fingerprint density at radius 1 is 1.18 bits per heavy atom. The van der Waals surface area contributed by atoms with Gasteiger partial charge in [0.2, 0.25) is 10.0 Å². The van der Waals surface area contributed by atoms with Crippen molar-refractivity contribution in [3.8, 4) is 0 Å². The average Bonchev–Trinajstić information content (AvgIpc) is 2.29. The topological polar surface area (TPSA) is 46.6 Å². The van der Waals surface area contributed by atoms with E-state index in [1.807, 2.05) is 0 Å². The number of ether oxygens (including phenoxy) is 1. The van der Waals surface area contributed by atoms with E-state index in [0.717, 1.165) is 16.4 Å². The number of morpholine rings is 1. The van der Waals surface area contributed by atoms with Crippen LogP contribution in [-0.4, -0.2) is 39.0 Å². The predicted octanol–water partition coefficient (Wildman–Crippen LogP) is 0.786. The molecule has 1 aliphatic heterocycles. The van der Waals surface area contributed by atoms with Crippen LogP contribution in [0.1, 0.15) is 0 Å². The van der Waals surface area contributed by atoms with E-state index in [0.29, 0.717) is 0 Å². The summed E-state index contributed by atoms with van der Waals surface area (Å²) < 4.78 is 56.8. The minimum Gasteiger partial charge on any atom is -0.379 e. The number of nitrogens with zero attached hydrogens (tertiary/aromatic N) is 1. The van der Waals surface area contributed by atoms with Crippen molar-refractivity contribution in [2.24, 2.45) is 0 Å². The fourth-order valence-corrected chi connectivity index (χ4v) is 3.09. The fourth-order valence-electron chi connectivity index (χ4n) is 1.60. The van der Waals surface area contributed by atoms with E-state index in [1.54, 1.807) is 0 Å². The third kappa shape index (κ3) is 2.31. The molecule has 0 aliphatic carbocycles. The maximum Gasteiger partial charge on any atom is 0.249 e. The van der Waals surface area contributed by atoms with Gasteiger partial charge < -0.3 is 4.74 Å². The normalized spacial score (nSPS) is 18.2. The Bertz CT molecular complexity index is 492. The summed E-state index contributed by atoms with van der Waals surface area (Å²) in [4.78, 5) is -0.918. The summed E-state index contributed by atoms with van der Waals surface area (Å²) in [6.45, 7) is 0.641. The van der Waals surface area contributed by atoms with Crippen molar-refractivity contribution in [1.82, 2.24) is 4.31 Å². The molecule has 0 amide bonds. The molecule has 0 saturated carbocycles. The molecule has 1 radical (unpaired) electrons. The molecule has 7 heteroatoms. The Hall–Kier alpha value is -1.05. The van der Waals surface area contributed by atoms with Crippen LogP contribution in [0.15, 0.2) is 17.0 Å². The van der Waals surface area contributed by atoms with Crippen molar-refractivity contribution in [3.63, 3.8) is 0 Å². The maximum absolute atomic E-state index is 13.4. The lowest BCUT2D eigenvalue weighted by atomic mass is 10.3. The molecule has 0 bridgehead atoms. The third-order valence-electron chi connectivity index (χ3n) is 2.42. The van der Waals surface area contributed by atoms with Gasteiger partial charge in [0.05, 0.1) is 13.2 Å². The average molecular weight is 262 g/mol. The van der Waals surface area contributed by atoms with Crippen molar-refractivity contribution in [2.75, 3.05) is 26.3 Å². The molecule has 17 heavy (non-hydrogen) atoms. The first kappa shape index (κ1) is 12.4. The molecule has 1 heterocycles. The molecule has 1 saturated heterocycles. The van der Waals surface area contributed by atoms with Crippen molar-refractivity contribution in [2.45, 2.75) is 4.90 Å². The van der Waals surface area contributed by atoms with Crippen LogP contribution in [-0.2, 0) is 14.8 Å². The Labute approximate surface area is 97.9 Å².